The molecule has 0 aromatic heterocycles. The molecule has 3 fully saturated rings. The zero-order chi connectivity index (χ0) is 17.2. The zero-order valence-electron chi connectivity index (χ0n) is 14.5. The Morgan fingerprint density at radius 1 is 1.17 bits per heavy atom. The summed E-state index contributed by atoms with van der Waals surface area (Å²) in [6.07, 6.45) is 3.69. The molecule has 2 atom stereocenters. The number of likely N-dealkylation sites (N-methyl/N-ethyl adjacent to an activating group) is 1. The van der Waals surface area contributed by atoms with Crippen LogP contribution in [0.1, 0.15) is 32.1 Å². The Kier molecular flexibility index (Phi) is 5.79. The van der Waals surface area contributed by atoms with Gasteiger partial charge in [0.05, 0.1) is 24.5 Å². The number of hydrogen-bond acceptors (Lipinski definition) is 5. The number of rotatable bonds is 5. The number of carbonyl (C=O) groups is 1. The van der Waals surface area contributed by atoms with Gasteiger partial charge in [-0.05, 0) is 32.7 Å². The third-order valence-corrected chi connectivity index (χ3v) is 7.32. The molecule has 1 amide bonds. The van der Waals surface area contributed by atoms with Gasteiger partial charge in [-0.2, -0.15) is 0 Å². The molecule has 8 heteroatoms. The van der Waals surface area contributed by atoms with Crippen LogP contribution in [0.25, 0.3) is 0 Å². The Bertz CT molecular complexity index is 548. The highest BCUT2D eigenvalue weighted by Gasteiger charge is 2.38. The van der Waals surface area contributed by atoms with Gasteiger partial charge in [0.2, 0.25) is 15.9 Å². The minimum atomic E-state index is -3.19. The van der Waals surface area contributed by atoms with Gasteiger partial charge in [-0.15, -0.1) is 0 Å². The van der Waals surface area contributed by atoms with Crippen LogP contribution >= 0.6 is 0 Å². The third-order valence-electron chi connectivity index (χ3n) is 5.36. The quantitative estimate of drug-likeness (QED) is 0.698. The van der Waals surface area contributed by atoms with Crippen molar-refractivity contribution >= 4 is 15.9 Å². The fourth-order valence-electron chi connectivity index (χ4n) is 3.98. The summed E-state index contributed by atoms with van der Waals surface area (Å²) in [5.74, 6) is 0.150. The molecule has 0 spiro atoms. The van der Waals surface area contributed by atoms with Gasteiger partial charge in [0, 0.05) is 39.1 Å². The maximum atomic E-state index is 12.6. The Hall–Kier alpha value is -0.700. The van der Waals surface area contributed by atoms with E-state index in [1.165, 1.54) is 0 Å². The molecule has 0 aromatic carbocycles. The van der Waals surface area contributed by atoms with Crippen molar-refractivity contribution in [3.05, 3.63) is 0 Å². The molecular formula is C16H29N3O4S. The van der Waals surface area contributed by atoms with Crippen molar-refractivity contribution in [1.82, 2.24) is 14.1 Å². The molecule has 3 aliphatic rings. The lowest BCUT2D eigenvalue weighted by molar-refractivity contribution is -0.151. The molecule has 0 bridgehead atoms. The Morgan fingerprint density at radius 2 is 1.92 bits per heavy atom. The summed E-state index contributed by atoms with van der Waals surface area (Å²) >= 11 is 0. The van der Waals surface area contributed by atoms with Crippen molar-refractivity contribution in [2.75, 3.05) is 52.1 Å². The van der Waals surface area contributed by atoms with Crippen LogP contribution in [0, 0.1) is 0 Å². The highest BCUT2D eigenvalue weighted by atomic mass is 32.2. The van der Waals surface area contributed by atoms with Crippen molar-refractivity contribution in [2.45, 2.75) is 44.2 Å². The number of piperidine rings is 1. The van der Waals surface area contributed by atoms with Crippen molar-refractivity contribution in [2.24, 2.45) is 0 Å². The molecule has 0 radical (unpaired) electrons. The molecule has 24 heavy (non-hydrogen) atoms. The fourth-order valence-corrected chi connectivity index (χ4v) is 5.57. The first-order chi connectivity index (χ1) is 11.5. The van der Waals surface area contributed by atoms with Crippen LogP contribution in [0.15, 0.2) is 0 Å². The molecule has 3 heterocycles. The third kappa shape index (κ3) is 4.09. The van der Waals surface area contributed by atoms with Gasteiger partial charge in [-0.25, -0.2) is 12.7 Å². The molecular weight excluding hydrogens is 330 g/mol. The second-order valence-electron chi connectivity index (χ2n) is 7.14. The van der Waals surface area contributed by atoms with Crippen molar-refractivity contribution < 1.29 is 17.9 Å². The predicted octanol–water partition coefficient (Wildman–Crippen LogP) is 0.124. The minimum Gasteiger partial charge on any atom is -0.374 e. The van der Waals surface area contributed by atoms with Gasteiger partial charge < -0.3 is 14.5 Å². The number of sulfonamides is 1. The van der Waals surface area contributed by atoms with Gasteiger partial charge in [0.15, 0.2) is 0 Å². The van der Waals surface area contributed by atoms with Crippen LogP contribution in [0.5, 0.6) is 0 Å². The maximum absolute atomic E-state index is 12.6. The second kappa shape index (κ2) is 7.68. The number of carbonyl (C=O) groups excluding carboxylic acids is 1. The van der Waals surface area contributed by atoms with E-state index in [1.54, 1.807) is 4.31 Å². The van der Waals surface area contributed by atoms with Gasteiger partial charge >= 0.3 is 0 Å². The highest BCUT2D eigenvalue weighted by molar-refractivity contribution is 7.89. The normalized spacial score (nSPS) is 29.6. The molecule has 0 aliphatic carbocycles. The summed E-state index contributed by atoms with van der Waals surface area (Å²) in [4.78, 5) is 16.8. The fraction of sp³-hybridized carbons (Fsp3) is 0.938. The number of likely N-dealkylation sites (tertiary alicyclic amines) is 1. The number of hydrogen-bond donors (Lipinski definition) is 0. The molecule has 0 N–H and O–H groups in total. The SMILES string of the molecule is CN1CCC2OCCN(C(=O)CCCS(=O)(=O)N3CCCC3)C2C1. The summed E-state index contributed by atoms with van der Waals surface area (Å²) in [6, 6.07) is 0.111. The number of ether oxygens (including phenoxy) is 1. The van der Waals surface area contributed by atoms with E-state index in [4.69, 9.17) is 4.74 Å². The maximum Gasteiger partial charge on any atom is 0.223 e. The first-order valence-corrected chi connectivity index (χ1v) is 10.7. The number of nitrogens with zero attached hydrogens (tertiary/aromatic N) is 3. The highest BCUT2D eigenvalue weighted by Crippen LogP contribution is 2.23. The average molecular weight is 359 g/mol. The summed E-state index contributed by atoms with van der Waals surface area (Å²) in [7, 11) is -1.12. The average Bonchev–Trinajstić information content (AvgIpc) is 3.09. The largest absolute Gasteiger partial charge is 0.374 e. The van der Waals surface area contributed by atoms with Crippen molar-refractivity contribution in [3.8, 4) is 0 Å². The lowest BCUT2D eigenvalue weighted by Gasteiger charge is -2.46. The van der Waals surface area contributed by atoms with E-state index in [0.717, 1.165) is 32.4 Å². The van der Waals surface area contributed by atoms with E-state index in [2.05, 4.69) is 11.9 Å². The monoisotopic (exact) mass is 359 g/mol. The standard InChI is InChI=1S/C16H29N3O4S/c1-17-9-6-15-14(13-17)19(10-11-23-15)16(20)5-4-12-24(21,22)18-7-2-3-8-18/h14-15H,2-13H2,1H3. The lowest BCUT2D eigenvalue weighted by atomic mass is 9.98. The molecule has 3 rings (SSSR count). The summed E-state index contributed by atoms with van der Waals surface area (Å²) in [5, 5.41) is 0. The van der Waals surface area contributed by atoms with E-state index < -0.39 is 10.0 Å². The molecule has 3 aliphatic heterocycles. The van der Waals surface area contributed by atoms with E-state index >= 15 is 0 Å². The van der Waals surface area contributed by atoms with Gasteiger partial charge in [0.1, 0.15) is 0 Å². The van der Waals surface area contributed by atoms with E-state index in [1.807, 2.05) is 4.90 Å². The van der Waals surface area contributed by atoms with Crippen LogP contribution < -0.4 is 0 Å². The van der Waals surface area contributed by atoms with Gasteiger partial charge in [0.25, 0.3) is 0 Å². The summed E-state index contributed by atoms with van der Waals surface area (Å²) in [5.41, 5.74) is 0. The minimum absolute atomic E-state index is 0.0696. The van der Waals surface area contributed by atoms with Crippen LogP contribution in [0.3, 0.4) is 0 Å². The van der Waals surface area contributed by atoms with E-state index in [0.29, 0.717) is 39.1 Å². The van der Waals surface area contributed by atoms with Gasteiger partial charge in [-0.1, -0.05) is 0 Å². The van der Waals surface area contributed by atoms with Gasteiger partial charge in [-0.3, -0.25) is 4.79 Å². The van der Waals surface area contributed by atoms with Crippen LogP contribution in [0.2, 0.25) is 0 Å². The van der Waals surface area contributed by atoms with Crippen LogP contribution in [0.4, 0.5) is 0 Å². The molecule has 0 saturated carbocycles. The Labute approximate surface area is 145 Å². The van der Waals surface area contributed by atoms with Crippen LogP contribution in [-0.4, -0.2) is 92.7 Å². The molecule has 3 saturated heterocycles. The number of fused-ring (bicyclic) bond motifs is 1. The molecule has 0 aromatic rings. The number of amides is 1. The smallest absolute Gasteiger partial charge is 0.223 e. The Morgan fingerprint density at radius 3 is 2.67 bits per heavy atom. The van der Waals surface area contributed by atoms with Crippen molar-refractivity contribution in [3.63, 3.8) is 0 Å². The zero-order valence-corrected chi connectivity index (χ0v) is 15.3. The van der Waals surface area contributed by atoms with Crippen LogP contribution in [-0.2, 0) is 19.6 Å². The lowest BCUT2D eigenvalue weighted by Crippen LogP contribution is -2.60. The second-order valence-corrected chi connectivity index (χ2v) is 9.23. The number of morpholine rings is 1. The van der Waals surface area contributed by atoms with E-state index in [-0.39, 0.29) is 23.8 Å². The van der Waals surface area contributed by atoms with Crippen molar-refractivity contribution in [1.29, 1.82) is 0 Å². The topological polar surface area (TPSA) is 70.2 Å². The Balaban J connectivity index is 1.50. The molecule has 2 unspecified atom stereocenters. The molecule has 7 nitrogen and oxygen atoms in total. The summed E-state index contributed by atoms with van der Waals surface area (Å²) in [6.45, 7) is 4.31. The predicted molar refractivity (Wildman–Crippen MR) is 91.2 cm³/mol. The molecule has 138 valence electrons. The first kappa shape index (κ1) is 18.1. The first-order valence-electron chi connectivity index (χ1n) is 9.05. The van der Waals surface area contributed by atoms with E-state index in [9.17, 15) is 13.2 Å². The summed E-state index contributed by atoms with van der Waals surface area (Å²) < 4.78 is 31.9.